The minimum Gasteiger partial charge on any atom is -0.425 e. The molecule has 0 saturated heterocycles. The van der Waals surface area contributed by atoms with Gasteiger partial charge in [-0.05, 0) is 50.4 Å². The Balaban J connectivity index is 2.53. The average molecular weight is 352 g/mol. The Bertz CT molecular complexity index is 366. The molecule has 1 rings (SSSR count). The minimum absolute atomic E-state index is 0.254. The van der Waals surface area contributed by atoms with Crippen LogP contribution in [0.2, 0.25) is 0 Å². The van der Waals surface area contributed by atoms with E-state index >= 15 is 0 Å². The van der Waals surface area contributed by atoms with E-state index in [4.69, 9.17) is 9.47 Å². The van der Waals surface area contributed by atoms with Crippen LogP contribution < -0.4 is 4.74 Å². The monoisotopic (exact) mass is 350 g/mol. The lowest BCUT2D eigenvalue weighted by atomic mass is 10.3. The largest absolute Gasteiger partial charge is 0.425 e. The predicted octanol–water partition coefficient (Wildman–Crippen LogP) is 3.54. The van der Waals surface area contributed by atoms with Crippen LogP contribution in [0.5, 0.6) is 5.75 Å². The van der Waals surface area contributed by atoms with Crippen molar-refractivity contribution in [1.82, 2.24) is 0 Å². The highest BCUT2D eigenvalue weighted by Crippen LogP contribution is 2.32. The zero-order chi connectivity index (χ0) is 12.0. The molecule has 16 heavy (non-hydrogen) atoms. The van der Waals surface area contributed by atoms with Gasteiger partial charge in [0.2, 0.25) is 0 Å². The lowest BCUT2D eigenvalue weighted by Gasteiger charge is -2.07. The summed E-state index contributed by atoms with van der Waals surface area (Å²) in [4.78, 5) is 11.4. The molecule has 0 spiro atoms. The number of ether oxygens (including phenoxy) is 2. The summed E-state index contributed by atoms with van der Waals surface area (Å²) in [5, 5.41) is 0. The summed E-state index contributed by atoms with van der Waals surface area (Å²) in [7, 11) is 1.61. The van der Waals surface area contributed by atoms with Crippen LogP contribution in [0.15, 0.2) is 27.1 Å². The highest BCUT2D eigenvalue weighted by Gasteiger charge is 2.09. The Morgan fingerprint density at radius 3 is 2.81 bits per heavy atom. The topological polar surface area (TPSA) is 35.5 Å². The zero-order valence-electron chi connectivity index (χ0n) is 8.83. The van der Waals surface area contributed by atoms with Crippen molar-refractivity contribution in [3.05, 3.63) is 27.1 Å². The molecule has 1 aromatic carbocycles. The second kappa shape index (κ2) is 7.04. The van der Waals surface area contributed by atoms with Crippen LogP contribution in [0.1, 0.15) is 12.8 Å². The van der Waals surface area contributed by atoms with Gasteiger partial charge in [0.1, 0.15) is 5.75 Å². The number of hydrogen-bond donors (Lipinski definition) is 0. The van der Waals surface area contributed by atoms with Gasteiger partial charge in [-0.25, -0.2) is 0 Å². The maximum Gasteiger partial charge on any atom is 0.311 e. The quantitative estimate of drug-likeness (QED) is 0.462. The van der Waals surface area contributed by atoms with Crippen LogP contribution in [0.4, 0.5) is 0 Å². The number of methoxy groups -OCH3 is 1. The van der Waals surface area contributed by atoms with E-state index in [-0.39, 0.29) is 5.97 Å². The Labute approximate surface area is 111 Å². The first kappa shape index (κ1) is 13.7. The standard InChI is InChI=1S/C11H12Br2O3/c1-15-7-3-6-10(14)16-9-5-2-4-8(12)11(9)13/h2,4-5H,3,6-7H2,1H3. The second-order valence-corrected chi connectivity index (χ2v) is 4.77. The predicted molar refractivity (Wildman–Crippen MR) is 68.6 cm³/mol. The molecule has 0 fully saturated rings. The molecule has 5 heteroatoms. The molecule has 0 bridgehead atoms. The van der Waals surface area contributed by atoms with Crippen molar-refractivity contribution < 1.29 is 14.3 Å². The highest BCUT2D eigenvalue weighted by atomic mass is 79.9. The Kier molecular flexibility index (Phi) is 6.01. The van der Waals surface area contributed by atoms with Gasteiger partial charge in [-0.15, -0.1) is 0 Å². The van der Waals surface area contributed by atoms with Crippen molar-refractivity contribution >= 4 is 37.8 Å². The summed E-state index contributed by atoms with van der Waals surface area (Å²) < 4.78 is 11.7. The number of carbonyl (C=O) groups excluding carboxylic acids is 1. The third-order valence-corrected chi connectivity index (χ3v) is 3.88. The van der Waals surface area contributed by atoms with Crippen LogP contribution in [-0.2, 0) is 9.53 Å². The van der Waals surface area contributed by atoms with Crippen LogP contribution in [-0.4, -0.2) is 19.7 Å². The van der Waals surface area contributed by atoms with E-state index in [9.17, 15) is 4.79 Å². The fraction of sp³-hybridized carbons (Fsp3) is 0.364. The molecule has 0 unspecified atom stereocenters. The zero-order valence-corrected chi connectivity index (χ0v) is 12.0. The molecule has 0 aromatic heterocycles. The molecular weight excluding hydrogens is 340 g/mol. The number of benzene rings is 1. The van der Waals surface area contributed by atoms with E-state index in [1.165, 1.54) is 0 Å². The molecule has 0 N–H and O–H groups in total. The van der Waals surface area contributed by atoms with Crippen LogP contribution >= 0.6 is 31.9 Å². The van der Waals surface area contributed by atoms with Gasteiger partial charge in [0.05, 0.1) is 4.47 Å². The number of halogens is 2. The number of hydrogen-bond acceptors (Lipinski definition) is 3. The number of esters is 1. The van der Waals surface area contributed by atoms with Gasteiger partial charge >= 0.3 is 5.97 Å². The SMILES string of the molecule is COCCCC(=O)Oc1cccc(Br)c1Br. The van der Waals surface area contributed by atoms with E-state index in [0.717, 1.165) is 8.95 Å². The van der Waals surface area contributed by atoms with Gasteiger partial charge in [-0.2, -0.15) is 0 Å². The lowest BCUT2D eigenvalue weighted by Crippen LogP contribution is -2.09. The van der Waals surface area contributed by atoms with E-state index < -0.39 is 0 Å². The van der Waals surface area contributed by atoms with Crippen molar-refractivity contribution in [2.45, 2.75) is 12.8 Å². The Morgan fingerprint density at radius 2 is 2.12 bits per heavy atom. The van der Waals surface area contributed by atoms with Gasteiger partial charge < -0.3 is 9.47 Å². The first-order chi connectivity index (χ1) is 7.65. The van der Waals surface area contributed by atoms with E-state index in [1.807, 2.05) is 12.1 Å². The molecule has 88 valence electrons. The molecule has 1 aromatic rings. The molecule has 0 amide bonds. The maximum atomic E-state index is 11.4. The average Bonchev–Trinajstić information content (AvgIpc) is 2.25. The summed E-state index contributed by atoms with van der Waals surface area (Å²) >= 11 is 6.68. The van der Waals surface area contributed by atoms with Crippen molar-refractivity contribution in [3.63, 3.8) is 0 Å². The van der Waals surface area contributed by atoms with Crippen molar-refractivity contribution in [2.75, 3.05) is 13.7 Å². The normalized spacial score (nSPS) is 10.2. The Morgan fingerprint density at radius 1 is 1.38 bits per heavy atom. The summed E-state index contributed by atoms with van der Waals surface area (Å²) in [6.07, 6.45) is 1.02. The lowest BCUT2D eigenvalue weighted by molar-refractivity contribution is -0.134. The first-order valence-corrected chi connectivity index (χ1v) is 6.37. The third-order valence-electron chi connectivity index (χ3n) is 1.87. The van der Waals surface area contributed by atoms with Gasteiger partial charge in [-0.3, -0.25) is 4.79 Å². The third kappa shape index (κ3) is 4.23. The summed E-state index contributed by atoms with van der Waals surface area (Å²) in [6.45, 7) is 0.564. The van der Waals surface area contributed by atoms with E-state index in [1.54, 1.807) is 13.2 Å². The second-order valence-electron chi connectivity index (χ2n) is 3.12. The number of carbonyl (C=O) groups is 1. The smallest absolute Gasteiger partial charge is 0.311 e. The molecular formula is C11H12Br2O3. The van der Waals surface area contributed by atoms with Gasteiger partial charge in [0, 0.05) is 24.6 Å². The number of rotatable bonds is 5. The van der Waals surface area contributed by atoms with Crippen LogP contribution in [0.3, 0.4) is 0 Å². The summed E-state index contributed by atoms with van der Waals surface area (Å²) in [6, 6.07) is 5.42. The van der Waals surface area contributed by atoms with E-state index in [0.29, 0.717) is 25.2 Å². The summed E-state index contributed by atoms with van der Waals surface area (Å²) in [5.74, 6) is 0.271. The molecule has 0 aliphatic carbocycles. The van der Waals surface area contributed by atoms with Crippen molar-refractivity contribution in [1.29, 1.82) is 0 Å². The minimum atomic E-state index is -0.254. The molecule has 0 aliphatic heterocycles. The molecule has 0 heterocycles. The van der Waals surface area contributed by atoms with E-state index in [2.05, 4.69) is 31.9 Å². The first-order valence-electron chi connectivity index (χ1n) is 4.78. The van der Waals surface area contributed by atoms with Gasteiger partial charge in [-0.1, -0.05) is 6.07 Å². The summed E-state index contributed by atoms with van der Waals surface area (Å²) in [5.41, 5.74) is 0. The fourth-order valence-electron chi connectivity index (χ4n) is 1.10. The molecule has 0 aliphatic rings. The molecule has 3 nitrogen and oxygen atoms in total. The van der Waals surface area contributed by atoms with Crippen LogP contribution in [0, 0.1) is 0 Å². The van der Waals surface area contributed by atoms with Crippen LogP contribution in [0.25, 0.3) is 0 Å². The van der Waals surface area contributed by atoms with Gasteiger partial charge in [0.25, 0.3) is 0 Å². The Hall–Kier alpha value is -0.390. The fourth-order valence-corrected chi connectivity index (χ4v) is 1.79. The molecule has 0 atom stereocenters. The highest BCUT2D eigenvalue weighted by molar-refractivity contribution is 9.13. The molecule has 0 radical (unpaired) electrons. The maximum absolute atomic E-state index is 11.4. The van der Waals surface area contributed by atoms with Gasteiger partial charge in [0.15, 0.2) is 0 Å². The van der Waals surface area contributed by atoms with Crippen molar-refractivity contribution in [2.24, 2.45) is 0 Å². The van der Waals surface area contributed by atoms with Crippen molar-refractivity contribution in [3.8, 4) is 5.75 Å². The molecule has 0 saturated carbocycles.